The van der Waals surface area contributed by atoms with Gasteiger partial charge in [-0.3, -0.25) is 4.79 Å². The molecule has 1 saturated carbocycles. The molecule has 0 unspecified atom stereocenters. The Morgan fingerprint density at radius 1 is 1.10 bits per heavy atom. The number of aliphatic hydroxyl groups excluding tert-OH is 1. The number of ether oxygens (including phenoxy) is 1. The van der Waals surface area contributed by atoms with Gasteiger partial charge in [-0.15, -0.1) is 0 Å². The Balaban J connectivity index is 1.48. The van der Waals surface area contributed by atoms with Crippen LogP contribution in [0.1, 0.15) is 12.8 Å². The number of carbonyl (C=O) groups excluding carboxylic acids is 1. The van der Waals surface area contributed by atoms with Gasteiger partial charge in [-0.1, -0.05) is 23.7 Å². The fourth-order valence-electron chi connectivity index (χ4n) is 2.85. The molecule has 0 atom stereocenters. The summed E-state index contributed by atoms with van der Waals surface area (Å²) < 4.78 is 5.35. The van der Waals surface area contributed by atoms with E-state index in [9.17, 15) is 4.79 Å². The van der Waals surface area contributed by atoms with E-state index in [-0.39, 0.29) is 25.0 Å². The Kier molecular flexibility index (Phi) is 6.49. The lowest BCUT2D eigenvalue weighted by atomic mass is 10.2. The summed E-state index contributed by atoms with van der Waals surface area (Å²) in [6.07, 6.45) is 3.37. The summed E-state index contributed by atoms with van der Waals surface area (Å²) in [6, 6.07) is 14.6. The van der Waals surface area contributed by atoms with Crippen LogP contribution in [0.25, 0.3) is 0 Å². The van der Waals surface area contributed by atoms with Gasteiger partial charge in [-0.05, 0) is 49.2 Å². The van der Waals surface area contributed by atoms with E-state index in [0.717, 1.165) is 18.5 Å². The highest BCUT2D eigenvalue weighted by atomic mass is 35.5. The normalized spacial score (nSPS) is 12.8. The Morgan fingerprint density at radius 3 is 2.55 bits per heavy atom. The first-order valence-corrected chi connectivity index (χ1v) is 10.3. The Hall–Kier alpha value is -3.36. The van der Waals surface area contributed by atoms with Crippen LogP contribution in [0.5, 0.6) is 5.75 Å². The van der Waals surface area contributed by atoms with E-state index >= 15 is 0 Å². The molecular weight excluding hydrogens is 418 g/mol. The molecule has 1 aromatic heterocycles. The summed E-state index contributed by atoms with van der Waals surface area (Å²) >= 11 is 6.30. The number of aliphatic hydroxyl groups is 1. The maximum atomic E-state index is 12.2. The predicted molar refractivity (Wildman–Crippen MR) is 120 cm³/mol. The molecule has 9 heteroatoms. The number of nitrogens with one attached hydrogen (secondary N) is 3. The van der Waals surface area contributed by atoms with E-state index < -0.39 is 0 Å². The van der Waals surface area contributed by atoms with Gasteiger partial charge in [-0.2, -0.15) is 4.98 Å². The topological polar surface area (TPSA) is 108 Å². The van der Waals surface area contributed by atoms with Gasteiger partial charge in [0.2, 0.25) is 11.9 Å². The molecule has 0 spiro atoms. The second-order valence-corrected chi connectivity index (χ2v) is 7.45. The van der Waals surface area contributed by atoms with Crippen molar-refractivity contribution in [3.63, 3.8) is 0 Å². The third-order valence-electron chi connectivity index (χ3n) is 4.60. The molecule has 0 aliphatic heterocycles. The molecule has 1 aliphatic rings. The molecule has 0 saturated heterocycles. The Morgan fingerprint density at radius 2 is 1.84 bits per heavy atom. The van der Waals surface area contributed by atoms with Crippen molar-refractivity contribution < 1.29 is 14.6 Å². The van der Waals surface area contributed by atoms with Crippen molar-refractivity contribution in [2.45, 2.75) is 12.8 Å². The molecular formula is C22H22ClN5O3. The van der Waals surface area contributed by atoms with Crippen LogP contribution in [0.15, 0.2) is 54.7 Å². The zero-order chi connectivity index (χ0) is 21.6. The first-order valence-electron chi connectivity index (χ1n) is 9.92. The Labute approximate surface area is 184 Å². The number of para-hydroxylation sites is 2. The summed E-state index contributed by atoms with van der Waals surface area (Å²) in [6.45, 7) is 0.201. The number of nitrogens with zero attached hydrogens (tertiary/aromatic N) is 2. The van der Waals surface area contributed by atoms with Gasteiger partial charge in [-0.25, -0.2) is 4.98 Å². The molecule has 0 radical (unpaired) electrons. The van der Waals surface area contributed by atoms with Crippen LogP contribution >= 0.6 is 11.6 Å². The van der Waals surface area contributed by atoms with E-state index in [4.69, 9.17) is 21.4 Å². The first-order chi connectivity index (χ1) is 15.1. The molecule has 31 heavy (non-hydrogen) atoms. The highest BCUT2D eigenvalue weighted by Crippen LogP contribution is 2.33. The van der Waals surface area contributed by atoms with Crippen LogP contribution in [-0.4, -0.2) is 34.2 Å². The van der Waals surface area contributed by atoms with Gasteiger partial charge < -0.3 is 25.8 Å². The molecule has 1 amide bonds. The second-order valence-electron chi connectivity index (χ2n) is 7.05. The lowest BCUT2D eigenvalue weighted by molar-refractivity contribution is -0.117. The molecule has 1 heterocycles. The first kappa shape index (κ1) is 20.9. The van der Waals surface area contributed by atoms with E-state index in [2.05, 4.69) is 25.9 Å². The molecule has 1 fully saturated rings. The van der Waals surface area contributed by atoms with Gasteiger partial charge in [0.1, 0.15) is 17.4 Å². The standard InChI is InChI=1S/C22H22ClN5O3/c23-17-13-24-22(25-15-7-9-16(10-8-15)31-12-11-29)28-20(17)26-18-3-1-2-4-19(18)27-21(30)14-5-6-14/h1-4,7-10,13-14,29H,5-6,11-12H2,(H,27,30)(H2,24,25,26,28). The van der Waals surface area contributed by atoms with E-state index in [1.165, 1.54) is 6.20 Å². The minimum absolute atomic E-state index is 0.0248. The zero-order valence-electron chi connectivity index (χ0n) is 16.6. The quantitative estimate of drug-likeness (QED) is 0.392. The number of hydrogen-bond donors (Lipinski definition) is 4. The van der Waals surface area contributed by atoms with Gasteiger partial charge in [0.05, 0.1) is 24.2 Å². The molecule has 160 valence electrons. The smallest absolute Gasteiger partial charge is 0.229 e. The average Bonchev–Trinajstić information content (AvgIpc) is 3.62. The van der Waals surface area contributed by atoms with Gasteiger partial charge in [0, 0.05) is 11.6 Å². The molecule has 2 aromatic carbocycles. The summed E-state index contributed by atoms with van der Waals surface area (Å²) in [5, 5.41) is 18.4. The Bertz CT molecular complexity index is 1060. The number of carbonyl (C=O) groups is 1. The highest BCUT2D eigenvalue weighted by molar-refractivity contribution is 6.33. The molecule has 8 nitrogen and oxygen atoms in total. The van der Waals surface area contributed by atoms with Crippen molar-refractivity contribution in [1.82, 2.24) is 9.97 Å². The van der Waals surface area contributed by atoms with E-state index in [0.29, 0.717) is 33.9 Å². The minimum Gasteiger partial charge on any atom is -0.491 e. The van der Waals surface area contributed by atoms with Gasteiger partial charge in [0.15, 0.2) is 5.82 Å². The maximum absolute atomic E-state index is 12.2. The average molecular weight is 440 g/mol. The minimum atomic E-state index is -0.0399. The summed E-state index contributed by atoms with van der Waals surface area (Å²) in [7, 11) is 0. The molecule has 0 bridgehead atoms. The van der Waals surface area contributed by atoms with Crippen molar-refractivity contribution in [3.05, 3.63) is 59.8 Å². The summed E-state index contributed by atoms with van der Waals surface area (Å²) in [5.41, 5.74) is 2.12. The summed E-state index contributed by atoms with van der Waals surface area (Å²) in [5.74, 6) is 1.55. The van der Waals surface area contributed by atoms with Gasteiger partial charge in [0.25, 0.3) is 0 Å². The molecule has 4 rings (SSSR count). The number of aromatic nitrogens is 2. The van der Waals surface area contributed by atoms with Crippen molar-refractivity contribution in [1.29, 1.82) is 0 Å². The van der Waals surface area contributed by atoms with Crippen LogP contribution in [0, 0.1) is 5.92 Å². The number of rotatable bonds is 9. The van der Waals surface area contributed by atoms with Crippen LogP contribution in [-0.2, 0) is 4.79 Å². The SMILES string of the molecule is O=C(Nc1ccccc1Nc1nc(Nc2ccc(OCCO)cc2)ncc1Cl)C1CC1. The fourth-order valence-corrected chi connectivity index (χ4v) is 2.99. The second kappa shape index (κ2) is 9.63. The number of benzene rings is 2. The van der Waals surface area contributed by atoms with E-state index in [1.54, 1.807) is 12.1 Å². The van der Waals surface area contributed by atoms with Crippen LogP contribution in [0.3, 0.4) is 0 Å². The monoisotopic (exact) mass is 439 g/mol. The van der Waals surface area contributed by atoms with Crippen molar-refractivity contribution in [3.8, 4) is 5.75 Å². The highest BCUT2D eigenvalue weighted by Gasteiger charge is 2.30. The maximum Gasteiger partial charge on any atom is 0.229 e. The van der Waals surface area contributed by atoms with Crippen molar-refractivity contribution >= 4 is 46.3 Å². The number of halogens is 1. The third kappa shape index (κ3) is 5.62. The lowest BCUT2D eigenvalue weighted by Crippen LogP contribution is -2.14. The number of anilines is 5. The number of hydrogen-bond acceptors (Lipinski definition) is 7. The molecule has 4 N–H and O–H groups in total. The van der Waals surface area contributed by atoms with Gasteiger partial charge >= 0.3 is 0 Å². The predicted octanol–water partition coefficient (Wildman–Crippen LogP) is 4.34. The third-order valence-corrected chi connectivity index (χ3v) is 4.88. The zero-order valence-corrected chi connectivity index (χ0v) is 17.4. The van der Waals surface area contributed by atoms with Crippen LogP contribution in [0.4, 0.5) is 28.8 Å². The molecule has 3 aromatic rings. The molecule has 1 aliphatic carbocycles. The largest absolute Gasteiger partial charge is 0.491 e. The van der Waals surface area contributed by atoms with Crippen molar-refractivity contribution in [2.24, 2.45) is 5.92 Å². The fraction of sp³-hybridized carbons (Fsp3) is 0.227. The summed E-state index contributed by atoms with van der Waals surface area (Å²) in [4.78, 5) is 20.8. The van der Waals surface area contributed by atoms with Crippen molar-refractivity contribution in [2.75, 3.05) is 29.2 Å². The van der Waals surface area contributed by atoms with Crippen LogP contribution in [0.2, 0.25) is 5.02 Å². The van der Waals surface area contributed by atoms with E-state index in [1.807, 2.05) is 36.4 Å². The van der Waals surface area contributed by atoms with Crippen LogP contribution < -0.4 is 20.7 Å². The number of amides is 1. The lowest BCUT2D eigenvalue weighted by Gasteiger charge is -2.14.